The zero-order valence-electron chi connectivity index (χ0n) is 13.3. The van der Waals surface area contributed by atoms with Crippen LogP contribution < -0.4 is 9.47 Å². The number of hydrogen-bond acceptors (Lipinski definition) is 4. The van der Waals surface area contributed by atoms with E-state index in [4.69, 9.17) is 14.0 Å². The summed E-state index contributed by atoms with van der Waals surface area (Å²) in [6.07, 6.45) is 0.278. The molecule has 0 amide bonds. The second-order valence-corrected chi connectivity index (χ2v) is 7.29. The van der Waals surface area contributed by atoms with E-state index in [1.165, 1.54) is 26.4 Å². The van der Waals surface area contributed by atoms with Gasteiger partial charge >= 0.3 is 0 Å². The lowest BCUT2D eigenvalue weighted by molar-refractivity contribution is -0.903. The summed E-state index contributed by atoms with van der Waals surface area (Å²) in [5.74, 6) is 0.0609. The first-order valence-corrected chi connectivity index (χ1v) is 8.37. The van der Waals surface area contributed by atoms with E-state index in [2.05, 4.69) is 0 Å². The Labute approximate surface area is 130 Å². The van der Waals surface area contributed by atoms with Gasteiger partial charge in [-0.2, -0.15) is 8.42 Å². The van der Waals surface area contributed by atoms with Crippen molar-refractivity contribution in [2.75, 3.05) is 40.6 Å². The molecule has 1 aromatic rings. The molecular formula is C14H23FNO5S+. The molecule has 0 aliphatic carbocycles. The van der Waals surface area contributed by atoms with Crippen molar-refractivity contribution in [3.8, 4) is 11.5 Å². The zero-order chi connectivity index (χ0) is 17.0. The predicted molar refractivity (Wildman–Crippen MR) is 81.2 cm³/mol. The van der Waals surface area contributed by atoms with Gasteiger partial charge in [-0.1, -0.05) is 0 Å². The molecule has 0 unspecified atom stereocenters. The van der Waals surface area contributed by atoms with Crippen LogP contribution in [-0.4, -0.2) is 58.1 Å². The SMILES string of the molecule is COc1ccc(F)c(C[N+](C)(C)CCCS(=O)(=O)O)c1OC. The summed E-state index contributed by atoms with van der Waals surface area (Å²) in [5.41, 5.74) is 0.374. The molecule has 0 heterocycles. The van der Waals surface area contributed by atoms with Crippen LogP contribution in [-0.2, 0) is 16.7 Å². The minimum absolute atomic E-state index is 0.278. The maximum atomic E-state index is 14.1. The van der Waals surface area contributed by atoms with Crippen molar-refractivity contribution in [3.05, 3.63) is 23.5 Å². The molecular weight excluding hydrogens is 313 g/mol. The summed E-state index contributed by atoms with van der Waals surface area (Å²) < 4.78 is 55.2. The van der Waals surface area contributed by atoms with Gasteiger partial charge in [0.15, 0.2) is 11.5 Å². The van der Waals surface area contributed by atoms with Crippen LogP contribution in [0.5, 0.6) is 11.5 Å². The highest BCUT2D eigenvalue weighted by Gasteiger charge is 2.24. The molecule has 0 bridgehead atoms. The third kappa shape index (κ3) is 5.43. The molecule has 6 nitrogen and oxygen atoms in total. The number of ether oxygens (including phenoxy) is 2. The molecule has 0 aliphatic rings. The summed E-state index contributed by atoms with van der Waals surface area (Å²) in [7, 11) is 2.64. The third-order valence-electron chi connectivity index (χ3n) is 3.34. The molecule has 0 radical (unpaired) electrons. The van der Waals surface area contributed by atoms with Crippen LogP contribution in [0.15, 0.2) is 12.1 Å². The maximum Gasteiger partial charge on any atom is 0.265 e. The van der Waals surface area contributed by atoms with E-state index in [-0.39, 0.29) is 12.2 Å². The molecule has 0 aromatic heterocycles. The van der Waals surface area contributed by atoms with Gasteiger partial charge in [0.25, 0.3) is 10.1 Å². The molecule has 1 aromatic carbocycles. The number of halogens is 1. The molecule has 0 spiro atoms. The predicted octanol–water partition coefficient (Wildman–Crippen LogP) is 1.70. The Morgan fingerprint density at radius 1 is 1.23 bits per heavy atom. The third-order valence-corrected chi connectivity index (χ3v) is 4.15. The topological polar surface area (TPSA) is 72.8 Å². The molecule has 1 N–H and O–H groups in total. The lowest BCUT2D eigenvalue weighted by Gasteiger charge is -2.30. The minimum Gasteiger partial charge on any atom is -0.493 e. The Kier molecular flexibility index (Phi) is 6.16. The number of quaternary nitrogens is 1. The van der Waals surface area contributed by atoms with Crippen LogP contribution >= 0.6 is 0 Å². The van der Waals surface area contributed by atoms with Gasteiger partial charge in [0.05, 0.1) is 46.2 Å². The quantitative estimate of drug-likeness (QED) is 0.578. The normalized spacial score (nSPS) is 12.3. The molecule has 0 aliphatic heterocycles. The van der Waals surface area contributed by atoms with Crippen molar-refractivity contribution >= 4 is 10.1 Å². The van der Waals surface area contributed by atoms with Gasteiger partial charge < -0.3 is 14.0 Å². The van der Waals surface area contributed by atoms with Crippen LogP contribution in [0.3, 0.4) is 0 Å². The first-order chi connectivity index (χ1) is 10.1. The molecule has 1 rings (SSSR count). The molecule has 0 atom stereocenters. The monoisotopic (exact) mass is 336 g/mol. The summed E-state index contributed by atoms with van der Waals surface area (Å²) in [6, 6.07) is 2.81. The van der Waals surface area contributed by atoms with Crippen molar-refractivity contribution in [1.82, 2.24) is 0 Å². The van der Waals surface area contributed by atoms with Crippen molar-refractivity contribution in [1.29, 1.82) is 0 Å². The highest BCUT2D eigenvalue weighted by molar-refractivity contribution is 7.85. The van der Waals surface area contributed by atoms with E-state index in [0.717, 1.165) is 0 Å². The first-order valence-electron chi connectivity index (χ1n) is 6.76. The second kappa shape index (κ2) is 7.26. The van der Waals surface area contributed by atoms with Crippen LogP contribution in [0.1, 0.15) is 12.0 Å². The highest BCUT2D eigenvalue weighted by Crippen LogP contribution is 2.34. The largest absolute Gasteiger partial charge is 0.493 e. The Hall–Kier alpha value is -1.38. The van der Waals surface area contributed by atoms with Crippen LogP contribution in [0.2, 0.25) is 0 Å². The second-order valence-electron chi connectivity index (χ2n) is 5.72. The summed E-state index contributed by atoms with van der Waals surface area (Å²) in [6.45, 7) is 0.761. The van der Waals surface area contributed by atoms with E-state index < -0.39 is 15.9 Å². The Bertz CT molecular complexity index is 616. The van der Waals surface area contributed by atoms with Crippen molar-refractivity contribution in [3.63, 3.8) is 0 Å². The van der Waals surface area contributed by atoms with Crippen molar-refractivity contribution in [2.45, 2.75) is 13.0 Å². The summed E-state index contributed by atoms with van der Waals surface area (Å²) in [4.78, 5) is 0. The minimum atomic E-state index is -3.98. The number of rotatable bonds is 8. The fourth-order valence-corrected chi connectivity index (χ4v) is 2.79. The number of nitrogens with zero attached hydrogens (tertiary/aromatic N) is 1. The van der Waals surface area contributed by atoms with Crippen LogP contribution in [0.25, 0.3) is 0 Å². The van der Waals surface area contributed by atoms with Gasteiger partial charge in [0.2, 0.25) is 0 Å². The lowest BCUT2D eigenvalue weighted by atomic mass is 10.1. The lowest BCUT2D eigenvalue weighted by Crippen LogP contribution is -2.40. The molecule has 0 saturated carbocycles. The summed E-state index contributed by atoms with van der Waals surface area (Å²) in [5, 5.41) is 0. The van der Waals surface area contributed by atoms with E-state index in [1.807, 2.05) is 14.1 Å². The molecule has 22 heavy (non-hydrogen) atoms. The van der Waals surface area contributed by atoms with Crippen molar-refractivity contribution < 1.29 is 31.3 Å². The fraction of sp³-hybridized carbons (Fsp3) is 0.571. The zero-order valence-corrected chi connectivity index (χ0v) is 14.1. The Morgan fingerprint density at radius 3 is 2.36 bits per heavy atom. The smallest absolute Gasteiger partial charge is 0.265 e. The van der Waals surface area contributed by atoms with Gasteiger partial charge in [0.1, 0.15) is 12.4 Å². The van der Waals surface area contributed by atoms with E-state index >= 15 is 0 Å². The molecule has 126 valence electrons. The van der Waals surface area contributed by atoms with Gasteiger partial charge in [-0.3, -0.25) is 4.55 Å². The van der Waals surface area contributed by atoms with Gasteiger partial charge in [-0.25, -0.2) is 4.39 Å². The standard InChI is InChI=1S/C14H22FNO5S/c1-16(2,8-5-9-22(17,18)19)10-11-12(15)6-7-13(20-3)14(11)21-4/h6-7H,5,8-10H2,1-4H3/p+1. The van der Waals surface area contributed by atoms with Gasteiger partial charge in [-0.05, 0) is 12.1 Å². The molecule has 0 fully saturated rings. The van der Waals surface area contributed by atoms with E-state index in [9.17, 15) is 12.8 Å². The van der Waals surface area contributed by atoms with Gasteiger partial charge in [0, 0.05) is 6.42 Å². The number of benzene rings is 1. The van der Waals surface area contributed by atoms with E-state index in [0.29, 0.717) is 34.6 Å². The van der Waals surface area contributed by atoms with Crippen LogP contribution in [0, 0.1) is 5.82 Å². The first kappa shape index (κ1) is 18.7. The fourth-order valence-electron chi connectivity index (χ4n) is 2.30. The average Bonchev–Trinajstić information content (AvgIpc) is 2.38. The summed E-state index contributed by atoms with van der Waals surface area (Å²) >= 11 is 0. The maximum absolute atomic E-state index is 14.1. The Balaban J connectivity index is 2.92. The van der Waals surface area contributed by atoms with Crippen LogP contribution in [0.4, 0.5) is 4.39 Å². The Morgan fingerprint density at radius 2 is 1.86 bits per heavy atom. The average molecular weight is 336 g/mol. The number of methoxy groups -OCH3 is 2. The molecule has 0 saturated heterocycles. The molecule has 8 heteroatoms. The van der Waals surface area contributed by atoms with Crippen molar-refractivity contribution in [2.24, 2.45) is 0 Å². The number of hydrogen-bond donors (Lipinski definition) is 1. The highest BCUT2D eigenvalue weighted by atomic mass is 32.2. The van der Waals surface area contributed by atoms with E-state index in [1.54, 1.807) is 0 Å². The van der Waals surface area contributed by atoms with Gasteiger partial charge in [-0.15, -0.1) is 0 Å².